The van der Waals surface area contributed by atoms with Crippen molar-refractivity contribution in [3.8, 4) is 5.75 Å². The van der Waals surface area contributed by atoms with Gasteiger partial charge in [0.2, 0.25) is 0 Å². The van der Waals surface area contributed by atoms with E-state index in [1.807, 2.05) is 73.7 Å². The van der Waals surface area contributed by atoms with E-state index in [0.717, 1.165) is 22.0 Å². The number of fused-ring (bicyclic) bond motifs is 1. The summed E-state index contributed by atoms with van der Waals surface area (Å²) < 4.78 is 5.30. The Bertz CT molecular complexity index is 1420. The Kier molecular flexibility index (Phi) is 5.15. The highest BCUT2D eigenvalue weighted by atomic mass is 16.5. The molecule has 5 rings (SSSR count). The number of aryl methyl sites for hydroxylation is 1. The van der Waals surface area contributed by atoms with Crippen molar-refractivity contribution in [2.45, 2.75) is 6.92 Å². The number of anilines is 2. The molecule has 0 unspecified atom stereocenters. The molecule has 0 aliphatic carbocycles. The van der Waals surface area contributed by atoms with Gasteiger partial charge in [-0.15, -0.1) is 0 Å². The molecule has 0 atom stereocenters. The first-order valence-corrected chi connectivity index (χ1v) is 10.7. The number of nitrogens with one attached hydrogen (secondary N) is 1. The number of hydrogen-bond donors (Lipinski definition) is 1. The van der Waals surface area contributed by atoms with E-state index in [0.29, 0.717) is 22.6 Å². The summed E-state index contributed by atoms with van der Waals surface area (Å²) in [6.07, 6.45) is 0. The van der Waals surface area contributed by atoms with Gasteiger partial charge in [0.05, 0.1) is 18.4 Å². The lowest BCUT2D eigenvalue weighted by Gasteiger charge is -2.16. The van der Waals surface area contributed by atoms with Crippen LogP contribution in [-0.2, 0) is 9.59 Å². The summed E-state index contributed by atoms with van der Waals surface area (Å²) in [6, 6.07) is 28.3. The summed E-state index contributed by atoms with van der Waals surface area (Å²) in [4.78, 5) is 28.5. The average Bonchev–Trinajstić information content (AvgIpc) is 3.09. The maximum absolute atomic E-state index is 13.7. The summed E-state index contributed by atoms with van der Waals surface area (Å²) in [6.45, 7) is 1.98. The molecule has 0 saturated heterocycles. The maximum atomic E-state index is 13.7. The molecular weight excluding hydrogens is 412 g/mol. The molecule has 1 aliphatic rings. The van der Waals surface area contributed by atoms with E-state index >= 15 is 0 Å². The second kappa shape index (κ2) is 8.28. The van der Waals surface area contributed by atoms with Gasteiger partial charge in [-0.3, -0.25) is 9.59 Å². The van der Waals surface area contributed by atoms with Crippen molar-refractivity contribution in [3.63, 3.8) is 0 Å². The van der Waals surface area contributed by atoms with Crippen LogP contribution in [0.5, 0.6) is 5.75 Å². The highest BCUT2D eigenvalue weighted by molar-refractivity contribution is 6.46. The van der Waals surface area contributed by atoms with Crippen LogP contribution in [-0.4, -0.2) is 18.9 Å². The van der Waals surface area contributed by atoms with E-state index in [-0.39, 0.29) is 11.6 Å². The van der Waals surface area contributed by atoms with Crippen molar-refractivity contribution >= 4 is 39.5 Å². The SMILES string of the molecule is COc1cccc(N2C(=O)C(Nc3cccc4ccccc34)=C(c3ccc(C)cc3)C2=O)c1. The minimum atomic E-state index is -0.406. The molecule has 4 aromatic carbocycles. The minimum Gasteiger partial charge on any atom is -0.497 e. The highest BCUT2D eigenvalue weighted by Gasteiger charge is 2.40. The molecule has 0 spiro atoms. The number of benzene rings is 4. The second-order valence-corrected chi connectivity index (χ2v) is 7.91. The van der Waals surface area contributed by atoms with Crippen molar-refractivity contribution in [1.29, 1.82) is 0 Å². The Balaban J connectivity index is 1.65. The molecule has 5 nitrogen and oxygen atoms in total. The van der Waals surface area contributed by atoms with Crippen molar-refractivity contribution in [2.24, 2.45) is 0 Å². The van der Waals surface area contributed by atoms with Gasteiger partial charge in [0.1, 0.15) is 11.4 Å². The summed E-state index contributed by atoms with van der Waals surface area (Å²) in [5.41, 5.74) is 3.58. The number of methoxy groups -OCH3 is 1. The predicted octanol–water partition coefficient (Wildman–Crippen LogP) is 5.55. The largest absolute Gasteiger partial charge is 0.497 e. The third kappa shape index (κ3) is 3.64. The molecule has 1 heterocycles. The van der Waals surface area contributed by atoms with E-state index in [4.69, 9.17) is 4.74 Å². The van der Waals surface area contributed by atoms with Crippen molar-refractivity contribution in [3.05, 3.63) is 108 Å². The topological polar surface area (TPSA) is 58.6 Å². The molecule has 1 aliphatic heterocycles. The van der Waals surface area contributed by atoms with Crippen LogP contribution in [0.15, 0.2) is 96.7 Å². The van der Waals surface area contributed by atoms with E-state index in [2.05, 4.69) is 5.32 Å². The monoisotopic (exact) mass is 434 g/mol. The zero-order chi connectivity index (χ0) is 22.9. The Morgan fingerprint density at radius 1 is 0.788 bits per heavy atom. The van der Waals surface area contributed by atoms with E-state index in [9.17, 15) is 9.59 Å². The quantitative estimate of drug-likeness (QED) is 0.418. The minimum absolute atomic E-state index is 0.253. The number of amides is 2. The maximum Gasteiger partial charge on any atom is 0.282 e. The van der Waals surface area contributed by atoms with Crippen LogP contribution in [0.3, 0.4) is 0 Å². The van der Waals surface area contributed by atoms with Crippen LogP contribution in [0.1, 0.15) is 11.1 Å². The number of nitrogens with zero attached hydrogens (tertiary/aromatic N) is 1. The molecule has 0 radical (unpaired) electrons. The summed E-state index contributed by atoms with van der Waals surface area (Å²) >= 11 is 0. The molecule has 0 aromatic heterocycles. The van der Waals surface area contributed by atoms with Crippen LogP contribution < -0.4 is 15.0 Å². The standard InChI is InChI=1S/C28H22N2O3/c1-18-13-15-20(16-14-18)25-26(29-24-12-5-8-19-7-3-4-11-23(19)24)28(32)30(27(25)31)21-9-6-10-22(17-21)33-2/h3-17,29H,1-2H3. The molecular formula is C28H22N2O3. The van der Waals surface area contributed by atoms with Gasteiger partial charge in [0, 0.05) is 17.1 Å². The second-order valence-electron chi connectivity index (χ2n) is 7.91. The number of hydrogen-bond acceptors (Lipinski definition) is 4. The lowest BCUT2D eigenvalue weighted by atomic mass is 10.0. The first kappa shape index (κ1) is 20.5. The van der Waals surface area contributed by atoms with Crippen LogP contribution >= 0.6 is 0 Å². The van der Waals surface area contributed by atoms with Crippen LogP contribution in [0, 0.1) is 6.92 Å². The highest BCUT2D eigenvalue weighted by Crippen LogP contribution is 2.36. The van der Waals surface area contributed by atoms with Gasteiger partial charge in [0.15, 0.2) is 0 Å². The van der Waals surface area contributed by atoms with Gasteiger partial charge >= 0.3 is 0 Å². The molecule has 162 valence electrons. The molecule has 0 bridgehead atoms. The molecule has 5 heteroatoms. The third-order valence-corrected chi connectivity index (χ3v) is 5.78. The van der Waals surface area contributed by atoms with Gasteiger partial charge in [-0.25, -0.2) is 4.90 Å². The van der Waals surface area contributed by atoms with E-state index < -0.39 is 5.91 Å². The lowest BCUT2D eigenvalue weighted by Crippen LogP contribution is -2.32. The third-order valence-electron chi connectivity index (χ3n) is 5.78. The molecule has 2 amide bonds. The molecule has 33 heavy (non-hydrogen) atoms. The van der Waals surface area contributed by atoms with Crippen LogP contribution in [0.25, 0.3) is 16.3 Å². The number of ether oxygens (including phenoxy) is 1. The first-order chi connectivity index (χ1) is 16.1. The van der Waals surface area contributed by atoms with Crippen molar-refractivity contribution in [2.75, 3.05) is 17.3 Å². The molecule has 4 aromatic rings. The molecule has 0 saturated carbocycles. The van der Waals surface area contributed by atoms with Crippen LogP contribution in [0.4, 0.5) is 11.4 Å². The van der Waals surface area contributed by atoms with Gasteiger partial charge in [-0.05, 0) is 36.1 Å². The summed E-state index contributed by atoms with van der Waals surface area (Å²) in [5.74, 6) is -0.211. The van der Waals surface area contributed by atoms with E-state index in [1.54, 1.807) is 31.4 Å². The normalized spacial score (nSPS) is 13.7. The zero-order valence-electron chi connectivity index (χ0n) is 18.3. The molecule has 0 fully saturated rings. The Hall–Kier alpha value is -4.38. The summed E-state index contributed by atoms with van der Waals surface area (Å²) in [5, 5.41) is 5.30. The van der Waals surface area contributed by atoms with Crippen molar-refractivity contribution < 1.29 is 14.3 Å². The Morgan fingerprint density at radius 2 is 1.52 bits per heavy atom. The average molecular weight is 434 g/mol. The zero-order valence-corrected chi connectivity index (χ0v) is 18.3. The smallest absolute Gasteiger partial charge is 0.282 e. The fraction of sp³-hybridized carbons (Fsp3) is 0.0714. The fourth-order valence-electron chi connectivity index (χ4n) is 4.09. The van der Waals surface area contributed by atoms with Crippen molar-refractivity contribution in [1.82, 2.24) is 0 Å². The number of rotatable bonds is 5. The van der Waals surface area contributed by atoms with Crippen LogP contribution in [0.2, 0.25) is 0 Å². The molecule has 1 N–H and O–H groups in total. The number of carbonyl (C=O) groups excluding carboxylic acids is 2. The lowest BCUT2D eigenvalue weighted by molar-refractivity contribution is -0.120. The fourth-order valence-corrected chi connectivity index (χ4v) is 4.09. The van der Waals surface area contributed by atoms with Gasteiger partial charge in [-0.2, -0.15) is 0 Å². The first-order valence-electron chi connectivity index (χ1n) is 10.7. The Labute approximate surface area is 191 Å². The summed E-state index contributed by atoms with van der Waals surface area (Å²) in [7, 11) is 1.55. The van der Waals surface area contributed by atoms with Gasteiger partial charge in [-0.1, -0.05) is 72.3 Å². The number of carbonyl (C=O) groups is 2. The predicted molar refractivity (Wildman–Crippen MR) is 131 cm³/mol. The van der Waals surface area contributed by atoms with Gasteiger partial charge < -0.3 is 10.1 Å². The van der Waals surface area contributed by atoms with E-state index in [1.165, 1.54) is 4.90 Å². The Morgan fingerprint density at radius 3 is 2.30 bits per heavy atom. The van der Waals surface area contributed by atoms with Gasteiger partial charge in [0.25, 0.3) is 11.8 Å². The number of imide groups is 1.